The van der Waals surface area contributed by atoms with Gasteiger partial charge in [-0.15, -0.1) is 0 Å². The molecule has 1 aliphatic carbocycles. The van der Waals surface area contributed by atoms with Gasteiger partial charge in [0.1, 0.15) is 5.75 Å². The quantitative estimate of drug-likeness (QED) is 0.825. The average molecular weight is 283 g/mol. The summed E-state index contributed by atoms with van der Waals surface area (Å²) in [7, 11) is -3.35. The molecule has 5 nitrogen and oxygen atoms in total. The third-order valence-corrected chi connectivity index (χ3v) is 5.14. The lowest BCUT2D eigenvalue weighted by Gasteiger charge is -2.09. The zero-order valence-corrected chi connectivity index (χ0v) is 11.7. The van der Waals surface area contributed by atoms with E-state index >= 15 is 0 Å². The van der Waals surface area contributed by atoms with Crippen molar-refractivity contribution in [2.24, 2.45) is 11.8 Å². The first-order valence-electron chi connectivity index (χ1n) is 6.21. The number of hydrogen-bond donors (Lipinski definition) is 2. The molecule has 1 aromatic rings. The van der Waals surface area contributed by atoms with E-state index in [2.05, 4.69) is 5.32 Å². The average Bonchev–Trinajstić information content (AvgIpc) is 3.09. The number of rotatable bonds is 4. The molecule has 0 saturated heterocycles. The second-order valence-corrected chi connectivity index (χ2v) is 7.17. The van der Waals surface area contributed by atoms with Gasteiger partial charge in [0.05, 0.1) is 16.3 Å². The summed E-state index contributed by atoms with van der Waals surface area (Å²) in [5.74, 6) is -0.00810. The van der Waals surface area contributed by atoms with Crippen molar-refractivity contribution in [1.82, 2.24) is 0 Å². The molecule has 1 fully saturated rings. The van der Waals surface area contributed by atoms with Crippen LogP contribution in [0.3, 0.4) is 0 Å². The third-order valence-electron chi connectivity index (χ3n) is 3.41. The van der Waals surface area contributed by atoms with Crippen LogP contribution in [-0.2, 0) is 14.6 Å². The first kappa shape index (κ1) is 13.9. The van der Waals surface area contributed by atoms with Crippen molar-refractivity contribution in [2.45, 2.75) is 25.2 Å². The molecule has 19 heavy (non-hydrogen) atoms. The van der Waals surface area contributed by atoms with Gasteiger partial charge in [-0.3, -0.25) is 4.79 Å². The Labute approximate surface area is 112 Å². The Kier molecular flexibility index (Phi) is 3.54. The number of aromatic hydroxyl groups is 1. The van der Waals surface area contributed by atoms with Crippen molar-refractivity contribution in [1.29, 1.82) is 0 Å². The van der Waals surface area contributed by atoms with E-state index in [1.165, 1.54) is 18.2 Å². The normalized spacial score (nSPS) is 22.0. The molecule has 1 saturated carbocycles. The minimum Gasteiger partial charge on any atom is -0.506 e. The van der Waals surface area contributed by atoms with Crippen molar-refractivity contribution in [3.63, 3.8) is 0 Å². The molecule has 2 N–H and O–H groups in total. The number of benzene rings is 1. The third kappa shape index (κ3) is 2.89. The number of carbonyl (C=O) groups excluding carboxylic acids is 1. The summed E-state index contributed by atoms with van der Waals surface area (Å²) in [6.45, 7) is 3.52. The van der Waals surface area contributed by atoms with E-state index < -0.39 is 9.84 Å². The number of hydrogen-bond acceptors (Lipinski definition) is 4. The van der Waals surface area contributed by atoms with Crippen LogP contribution < -0.4 is 5.32 Å². The van der Waals surface area contributed by atoms with Gasteiger partial charge < -0.3 is 10.4 Å². The van der Waals surface area contributed by atoms with Crippen molar-refractivity contribution in [3.8, 4) is 5.75 Å². The highest BCUT2D eigenvalue weighted by Crippen LogP contribution is 2.39. The fourth-order valence-corrected chi connectivity index (χ4v) is 2.79. The van der Waals surface area contributed by atoms with Crippen LogP contribution >= 0.6 is 0 Å². The predicted octanol–water partition coefficient (Wildman–Crippen LogP) is 1.78. The van der Waals surface area contributed by atoms with E-state index in [0.29, 0.717) is 5.92 Å². The lowest BCUT2D eigenvalue weighted by molar-refractivity contribution is -0.117. The molecule has 0 radical (unpaired) electrons. The first-order valence-corrected chi connectivity index (χ1v) is 7.87. The van der Waals surface area contributed by atoms with Crippen LogP contribution in [0.4, 0.5) is 5.69 Å². The van der Waals surface area contributed by atoms with Crippen molar-refractivity contribution in [3.05, 3.63) is 18.2 Å². The molecule has 0 heterocycles. The smallest absolute Gasteiger partial charge is 0.227 e. The van der Waals surface area contributed by atoms with Crippen LogP contribution in [0.5, 0.6) is 5.75 Å². The first-order chi connectivity index (χ1) is 8.85. The van der Waals surface area contributed by atoms with Crippen molar-refractivity contribution >= 4 is 21.4 Å². The van der Waals surface area contributed by atoms with Crippen LogP contribution in [-0.4, -0.2) is 25.2 Å². The Morgan fingerprint density at radius 1 is 1.47 bits per heavy atom. The number of amides is 1. The minimum atomic E-state index is -3.35. The van der Waals surface area contributed by atoms with Gasteiger partial charge in [-0.25, -0.2) is 8.42 Å². The highest BCUT2D eigenvalue weighted by Gasteiger charge is 2.39. The maximum absolute atomic E-state index is 11.8. The fourth-order valence-electron chi connectivity index (χ4n) is 1.89. The van der Waals surface area contributed by atoms with Gasteiger partial charge in [0, 0.05) is 5.92 Å². The molecular weight excluding hydrogens is 266 g/mol. The summed E-state index contributed by atoms with van der Waals surface area (Å²) >= 11 is 0. The Morgan fingerprint density at radius 2 is 2.11 bits per heavy atom. The van der Waals surface area contributed by atoms with Gasteiger partial charge in [0.15, 0.2) is 9.84 Å². The van der Waals surface area contributed by atoms with Crippen LogP contribution in [0.1, 0.15) is 20.3 Å². The molecule has 1 amide bonds. The summed E-state index contributed by atoms with van der Waals surface area (Å²) < 4.78 is 23.5. The lowest BCUT2D eigenvalue weighted by Crippen LogP contribution is -2.15. The second kappa shape index (κ2) is 4.85. The standard InChI is InChI=1S/C13H17NO4S/c1-3-19(17,18)9-4-5-12(15)11(7-9)14-13(16)10-6-8(10)2/h4-5,7-8,10,15H,3,6H2,1-2H3,(H,14,16). The Morgan fingerprint density at radius 3 is 2.63 bits per heavy atom. The van der Waals surface area contributed by atoms with E-state index in [4.69, 9.17) is 0 Å². The van der Waals surface area contributed by atoms with Gasteiger partial charge in [-0.1, -0.05) is 13.8 Å². The molecule has 1 aliphatic rings. The summed E-state index contributed by atoms with van der Waals surface area (Å²) in [6.07, 6.45) is 0.833. The monoisotopic (exact) mass is 283 g/mol. The number of carbonyl (C=O) groups is 1. The van der Waals surface area contributed by atoms with Crippen molar-refractivity contribution in [2.75, 3.05) is 11.1 Å². The molecule has 0 aliphatic heterocycles. The molecule has 2 unspecified atom stereocenters. The van der Waals surface area contributed by atoms with Gasteiger partial charge >= 0.3 is 0 Å². The van der Waals surface area contributed by atoms with E-state index in [1.807, 2.05) is 6.92 Å². The number of sulfone groups is 1. The molecule has 0 bridgehead atoms. The number of anilines is 1. The molecule has 104 valence electrons. The van der Waals surface area contributed by atoms with Crippen LogP contribution in [0.2, 0.25) is 0 Å². The van der Waals surface area contributed by atoms with E-state index in [9.17, 15) is 18.3 Å². The lowest BCUT2D eigenvalue weighted by atomic mass is 10.2. The zero-order valence-electron chi connectivity index (χ0n) is 10.9. The molecule has 2 rings (SSSR count). The highest BCUT2D eigenvalue weighted by molar-refractivity contribution is 7.91. The fraction of sp³-hybridized carbons (Fsp3) is 0.462. The Hall–Kier alpha value is -1.56. The van der Waals surface area contributed by atoms with E-state index in [-0.39, 0.29) is 33.9 Å². The predicted molar refractivity (Wildman–Crippen MR) is 71.7 cm³/mol. The van der Waals surface area contributed by atoms with Crippen LogP contribution in [0, 0.1) is 11.8 Å². The maximum atomic E-state index is 11.8. The molecule has 0 spiro atoms. The second-order valence-electron chi connectivity index (χ2n) is 4.89. The van der Waals surface area contributed by atoms with Gasteiger partial charge in [-0.05, 0) is 30.5 Å². The maximum Gasteiger partial charge on any atom is 0.227 e. The van der Waals surface area contributed by atoms with Crippen LogP contribution in [0.25, 0.3) is 0 Å². The molecule has 6 heteroatoms. The van der Waals surface area contributed by atoms with Gasteiger partial charge in [0.25, 0.3) is 0 Å². The Bertz CT molecular complexity index is 609. The SMILES string of the molecule is CCS(=O)(=O)c1ccc(O)c(NC(=O)C2CC2C)c1. The van der Waals surface area contributed by atoms with Gasteiger partial charge in [0.2, 0.25) is 5.91 Å². The van der Waals surface area contributed by atoms with E-state index in [0.717, 1.165) is 6.42 Å². The Balaban J connectivity index is 2.25. The summed E-state index contributed by atoms with van der Waals surface area (Å²) in [6, 6.07) is 3.93. The molecule has 1 aromatic carbocycles. The topological polar surface area (TPSA) is 83.5 Å². The molecule has 0 aromatic heterocycles. The number of phenols is 1. The summed E-state index contributed by atoms with van der Waals surface area (Å²) in [5.41, 5.74) is 0.152. The molecule has 2 atom stereocenters. The largest absolute Gasteiger partial charge is 0.506 e. The molecular formula is C13H17NO4S. The van der Waals surface area contributed by atoms with E-state index in [1.54, 1.807) is 6.92 Å². The summed E-state index contributed by atoms with van der Waals surface area (Å²) in [4.78, 5) is 11.9. The van der Waals surface area contributed by atoms with Crippen LogP contribution in [0.15, 0.2) is 23.1 Å². The highest BCUT2D eigenvalue weighted by atomic mass is 32.2. The summed E-state index contributed by atoms with van der Waals surface area (Å²) in [5, 5.41) is 12.3. The number of nitrogens with one attached hydrogen (secondary N) is 1. The zero-order chi connectivity index (χ0) is 14.2. The van der Waals surface area contributed by atoms with Gasteiger partial charge in [-0.2, -0.15) is 0 Å². The van der Waals surface area contributed by atoms with Crippen molar-refractivity contribution < 1.29 is 18.3 Å². The number of phenolic OH excluding ortho intramolecular Hbond substituents is 1. The minimum absolute atomic E-state index is 0.0230.